The van der Waals surface area contributed by atoms with E-state index >= 15 is 0 Å². The van der Waals surface area contributed by atoms with Crippen LogP contribution >= 0.6 is 23.6 Å². The minimum absolute atomic E-state index is 0.0887. The molecule has 0 fully saturated rings. The molecule has 0 aliphatic rings. The van der Waals surface area contributed by atoms with Gasteiger partial charge in [-0.25, -0.2) is 4.79 Å². The first kappa shape index (κ1) is 21.3. The molecule has 4 N–H and O–H groups in total. The van der Waals surface area contributed by atoms with Crippen LogP contribution in [0.5, 0.6) is 0 Å². The summed E-state index contributed by atoms with van der Waals surface area (Å²) < 4.78 is 6.15. The van der Waals surface area contributed by atoms with Gasteiger partial charge in [0, 0.05) is 21.1 Å². The maximum Gasteiger partial charge on any atom is 0.341 e. The Bertz CT molecular complexity index is 963. The summed E-state index contributed by atoms with van der Waals surface area (Å²) in [6, 6.07) is 0. The summed E-state index contributed by atoms with van der Waals surface area (Å²) in [7, 11) is 6.06. The highest BCUT2D eigenvalue weighted by molar-refractivity contribution is 7.80. The first-order valence-corrected chi connectivity index (χ1v) is 9.14. The summed E-state index contributed by atoms with van der Waals surface area (Å²) in [5, 5.41) is 10.1. The van der Waals surface area contributed by atoms with Gasteiger partial charge in [-0.15, -0.1) is 11.3 Å². The molecule has 2 amide bonds. The molecule has 2 aromatic heterocycles. The number of aryl methyl sites for hydroxylation is 1. The van der Waals surface area contributed by atoms with Crippen molar-refractivity contribution >= 4 is 57.1 Å². The second kappa shape index (κ2) is 8.35. The molecule has 0 spiro atoms. The number of nitrogens with one attached hydrogen (secondary N) is 2. The third-order valence-electron chi connectivity index (χ3n) is 3.78. The van der Waals surface area contributed by atoms with Gasteiger partial charge in [0.05, 0.1) is 29.4 Å². The zero-order valence-corrected chi connectivity index (χ0v) is 17.6. The van der Waals surface area contributed by atoms with Crippen molar-refractivity contribution in [1.29, 1.82) is 0 Å². The molecule has 2 heterocycles. The lowest BCUT2D eigenvalue weighted by Gasteiger charge is -2.10. The molecule has 28 heavy (non-hydrogen) atoms. The van der Waals surface area contributed by atoms with Crippen molar-refractivity contribution in [3.05, 3.63) is 27.9 Å². The summed E-state index contributed by atoms with van der Waals surface area (Å²) in [6.07, 6.45) is 1.40. The molecule has 2 aromatic rings. The van der Waals surface area contributed by atoms with Gasteiger partial charge >= 0.3 is 5.97 Å². The fourth-order valence-electron chi connectivity index (χ4n) is 2.43. The van der Waals surface area contributed by atoms with E-state index in [1.807, 2.05) is 0 Å². The highest BCUT2D eigenvalue weighted by atomic mass is 32.1. The predicted molar refractivity (Wildman–Crippen MR) is 110 cm³/mol. The summed E-state index contributed by atoms with van der Waals surface area (Å²) in [4.78, 5) is 38.0. The Morgan fingerprint density at radius 3 is 2.50 bits per heavy atom. The van der Waals surface area contributed by atoms with Crippen LogP contribution in [-0.2, 0) is 11.8 Å². The Balaban J connectivity index is 2.36. The maximum absolute atomic E-state index is 12.4. The van der Waals surface area contributed by atoms with E-state index in [9.17, 15) is 14.4 Å². The Morgan fingerprint density at radius 2 is 1.96 bits per heavy atom. The number of ether oxygens (including phenoxy) is 1. The van der Waals surface area contributed by atoms with Gasteiger partial charge in [-0.3, -0.25) is 14.3 Å². The monoisotopic (exact) mass is 424 g/mol. The van der Waals surface area contributed by atoms with Gasteiger partial charge in [-0.1, -0.05) is 0 Å². The summed E-state index contributed by atoms with van der Waals surface area (Å²) in [6.45, 7) is 1.66. The van der Waals surface area contributed by atoms with E-state index in [4.69, 9.17) is 22.7 Å². The van der Waals surface area contributed by atoms with Crippen molar-refractivity contribution in [1.82, 2.24) is 14.7 Å². The SMILES string of the molecule is COC(=O)c1c(NC(=S)Nc2cnn(C)c2C(N)=O)sc(C(=O)N(C)C)c1C. The number of anilines is 2. The van der Waals surface area contributed by atoms with E-state index in [2.05, 4.69) is 15.7 Å². The average molecular weight is 425 g/mol. The third-order valence-corrected chi connectivity index (χ3v) is 5.18. The van der Waals surface area contributed by atoms with Crippen molar-refractivity contribution in [3.63, 3.8) is 0 Å². The van der Waals surface area contributed by atoms with Crippen molar-refractivity contribution < 1.29 is 19.1 Å². The number of carbonyl (C=O) groups excluding carboxylic acids is 3. The quantitative estimate of drug-likeness (QED) is 0.482. The molecule has 0 atom stereocenters. The molecule has 12 heteroatoms. The van der Waals surface area contributed by atoms with Gasteiger partial charge in [-0.05, 0) is 24.7 Å². The highest BCUT2D eigenvalue weighted by Gasteiger charge is 2.27. The number of thiophene rings is 1. The largest absolute Gasteiger partial charge is 0.465 e. The zero-order valence-electron chi connectivity index (χ0n) is 15.9. The highest BCUT2D eigenvalue weighted by Crippen LogP contribution is 2.34. The first-order valence-electron chi connectivity index (χ1n) is 7.91. The zero-order chi connectivity index (χ0) is 21.2. The molecule has 10 nitrogen and oxygen atoms in total. The smallest absolute Gasteiger partial charge is 0.341 e. The normalized spacial score (nSPS) is 10.3. The standard InChI is InChI=1S/C16H20N6O4S2/c1-7-9(15(25)26-5)13(28-11(7)14(24)21(2)3)20-16(27)19-8-6-18-22(4)10(8)12(17)23/h6H,1-5H3,(H2,17,23)(H2,19,20,27). The van der Waals surface area contributed by atoms with Crippen LogP contribution in [-0.4, -0.2) is 58.8 Å². The summed E-state index contributed by atoms with van der Waals surface area (Å²) in [5.41, 5.74) is 6.50. The van der Waals surface area contributed by atoms with Gasteiger partial charge in [0.2, 0.25) is 0 Å². The number of rotatable bonds is 5. The van der Waals surface area contributed by atoms with Crippen LogP contribution in [0.4, 0.5) is 10.7 Å². The molecule has 0 saturated carbocycles. The summed E-state index contributed by atoms with van der Waals surface area (Å²) in [5.74, 6) is -1.52. The lowest BCUT2D eigenvalue weighted by atomic mass is 10.1. The predicted octanol–water partition coefficient (Wildman–Crippen LogP) is 1.19. The molecule has 150 valence electrons. The molecular formula is C16H20N6O4S2. The Morgan fingerprint density at radius 1 is 1.32 bits per heavy atom. The minimum Gasteiger partial charge on any atom is -0.465 e. The van der Waals surface area contributed by atoms with Gasteiger partial charge in [0.15, 0.2) is 5.11 Å². The number of methoxy groups -OCH3 is 1. The number of thiocarbonyl (C=S) groups is 1. The molecular weight excluding hydrogens is 404 g/mol. The number of nitrogens with two attached hydrogens (primary N) is 1. The number of primary amides is 1. The Hall–Kier alpha value is -2.99. The van der Waals surface area contributed by atoms with E-state index in [-0.39, 0.29) is 22.3 Å². The van der Waals surface area contributed by atoms with Crippen LogP contribution in [0.15, 0.2) is 6.20 Å². The fourth-order valence-corrected chi connectivity index (χ4v) is 3.93. The lowest BCUT2D eigenvalue weighted by molar-refractivity contribution is 0.0601. The van der Waals surface area contributed by atoms with E-state index in [0.717, 1.165) is 11.3 Å². The number of carbonyl (C=O) groups is 3. The molecule has 0 aliphatic carbocycles. The fraction of sp³-hybridized carbons (Fsp3) is 0.312. The average Bonchev–Trinajstić information content (AvgIpc) is 3.13. The first-order chi connectivity index (χ1) is 13.1. The van der Waals surface area contributed by atoms with Crippen LogP contribution in [0.2, 0.25) is 0 Å². The molecule has 0 aromatic carbocycles. The van der Waals surface area contributed by atoms with Crippen LogP contribution in [0.1, 0.15) is 36.1 Å². The third kappa shape index (κ3) is 4.12. The minimum atomic E-state index is -0.675. The van der Waals surface area contributed by atoms with Gasteiger partial charge < -0.3 is 26.0 Å². The van der Waals surface area contributed by atoms with Gasteiger partial charge in [0.25, 0.3) is 11.8 Å². The molecule has 0 aliphatic heterocycles. The number of amides is 2. The van der Waals surface area contributed by atoms with Crippen LogP contribution in [0, 0.1) is 6.92 Å². The van der Waals surface area contributed by atoms with Gasteiger partial charge in [0.1, 0.15) is 10.7 Å². The van der Waals surface area contributed by atoms with Crippen LogP contribution < -0.4 is 16.4 Å². The lowest BCUT2D eigenvalue weighted by Crippen LogP contribution is -2.23. The number of nitrogens with zero attached hydrogens (tertiary/aromatic N) is 3. The number of esters is 1. The Kier molecular flexibility index (Phi) is 6.36. The van der Waals surface area contributed by atoms with Crippen LogP contribution in [0.3, 0.4) is 0 Å². The number of aromatic nitrogens is 2. The maximum atomic E-state index is 12.4. The van der Waals surface area contributed by atoms with Crippen molar-refractivity contribution in [2.75, 3.05) is 31.8 Å². The van der Waals surface area contributed by atoms with E-state index in [0.29, 0.717) is 21.1 Å². The van der Waals surface area contributed by atoms with E-state index in [1.54, 1.807) is 28.1 Å². The topological polar surface area (TPSA) is 132 Å². The molecule has 2 rings (SSSR count). The van der Waals surface area contributed by atoms with Crippen LogP contribution in [0.25, 0.3) is 0 Å². The van der Waals surface area contributed by atoms with Gasteiger partial charge in [-0.2, -0.15) is 5.10 Å². The molecule has 0 bridgehead atoms. The molecule has 0 saturated heterocycles. The Labute approximate surface area is 170 Å². The summed E-state index contributed by atoms with van der Waals surface area (Å²) >= 11 is 6.35. The van der Waals surface area contributed by atoms with Crippen molar-refractivity contribution in [2.24, 2.45) is 12.8 Å². The van der Waals surface area contributed by atoms with E-state index < -0.39 is 11.9 Å². The molecule has 0 unspecified atom stereocenters. The second-order valence-electron chi connectivity index (χ2n) is 5.93. The van der Waals surface area contributed by atoms with Crippen molar-refractivity contribution in [2.45, 2.75) is 6.92 Å². The van der Waals surface area contributed by atoms with Crippen molar-refractivity contribution in [3.8, 4) is 0 Å². The second-order valence-corrected chi connectivity index (χ2v) is 7.35. The molecule has 0 radical (unpaired) electrons. The van der Waals surface area contributed by atoms with E-state index in [1.165, 1.54) is 22.9 Å². The number of hydrogen-bond donors (Lipinski definition) is 3. The number of hydrogen-bond acceptors (Lipinski definition) is 7.